The third kappa shape index (κ3) is 2.41. The van der Waals surface area contributed by atoms with E-state index in [-0.39, 0.29) is 0 Å². The van der Waals surface area contributed by atoms with Crippen LogP contribution in [-0.4, -0.2) is 5.71 Å². The van der Waals surface area contributed by atoms with E-state index in [0.717, 1.165) is 24.1 Å². The maximum absolute atomic E-state index is 7.80. The Bertz CT molecular complexity index is 313. The maximum atomic E-state index is 7.80. The number of benzene rings is 1. The highest BCUT2D eigenvalue weighted by atomic mass is 14.4. The molecule has 0 unspecified atom stereocenters. The molecule has 0 aliphatic carbocycles. The van der Waals surface area contributed by atoms with Gasteiger partial charge in [-0.15, -0.1) is 0 Å². The second-order valence-corrected chi connectivity index (χ2v) is 3.53. The average Bonchev–Trinajstić information content (AvgIpc) is 2.10. The van der Waals surface area contributed by atoms with E-state index in [1.54, 1.807) is 0 Å². The lowest BCUT2D eigenvalue weighted by Gasteiger charge is -2.05. The summed E-state index contributed by atoms with van der Waals surface area (Å²) in [4.78, 5) is 0. The fourth-order valence-electron chi connectivity index (χ4n) is 1.32. The van der Waals surface area contributed by atoms with Gasteiger partial charge in [-0.25, -0.2) is 0 Å². The Morgan fingerprint density at radius 3 is 2.46 bits per heavy atom. The normalized spacial score (nSPS) is 10.1. The maximum Gasteiger partial charge on any atom is 0.0386 e. The van der Waals surface area contributed by atoms with E-state index in [4.69, 9.17) is 5.41 Å². The zero-order valence-corrected chi connectivity index (χ0v) is 8.65. The highest BCUT2D eigenvalue weighted by molar-refractivity contribution is 5.98. The van der Waals surface area contributed by atoms with E-state index < -0.39 is 0 Å². The Balaban J connectivity index is 2.90. The quantitative estimate of drug-likeness (QED) is 0.680. The molecule has 0 heterocycles. The van der Waals surface area contributed by atoms with Crippen LogP contribution in [0.5, 0.6) is 0 Å². The van der Waals surface area contributed by atoms with Crippen molar-refractivity contribution in [2.45, 2.75) is 33.6 Å². The summed E-state index contributed by atoms with van der Waals surface area (Å²) in [6, 6.07) is 6.24. The Morgan fingerprint density at radius 2 is 1.92 bits per heavy atom. The molecule has 1 aromatic carbocycles. The van der Waals surface area contributed by atoms with Gasteiger partial charge < -0.3 is 5.41 Å². The van der Waals surface area contributed by atoms with Crippen molar-refractivity contribution in [3.05, 3.63) is 34.9 Å². The number of aryl methyl sites for hydroxylation is 2. The van der Waals surface area contributed by atoms with Crippen LogP contribution in [0.4, 0.5) is 0 Å². The minimum Gasteiger partial charge on any atom is -0.305 e. The van der Waals surface area contributed by atoms with Gasteiger partial charge in [0.05, 0.1) is 0 Å². The minimum absolute atomic E-state index is 0.755. The van der Waals surface area contributed by atoms with Crippen molar-refractivity contribution >= 4 is 5.71 Å². The second-order valence-electron chi connectivity index (χ2n) is 3.53. The van der Waals surface area contributed by atoms with Crippen LogP contribution in [0.2, 0.25) is 0 Å². The average molecular weight is 175 g/mol. The van der Waals surface area contributed by atoms with Crippen molar-refractivity contribution in [3.63, 3.8) is 0 Å². The molecule has 1 N–H and O–H groups in total. The van der Waals surface area contributed by atoms with Crippen molar-refractivity contribution < 1.29 is 0 Å². The highest BCUT2D eigenvalue weighted by Gasteiger charge is 2.01. The molecule has 0 bridgehead atoms. The fourth-order valence-corrected chi connectivity index (χ4v) is 1.32. The Kier molecular flexibility index (Phi) is 3.24. The largest absolute Gasteiger partial charge is 0.305 e. The first kappa shape index (κ1) is 9.97. The van der Waals surface area contributed by atoms with E-state index >= 15 is 0 Å². The van der Waals surface area contributed by atoms with E-state index in [2.05, 4.69) is 32.9 Å². The van der Waals surface area contributed by atoms with Crippen molar-refractivity contribution in [1.82, 2.24) is 0 Å². The Morgan fingerprint density at radius 1 is 1.23 bits per heavy atom. The Labute approximate surface area is 80.3 Å². The first-order chi connectivity index (χ1) is 6.15. The van der Waals surface area contributed by atoms with E-state index in [1.165, 1.54) is 11.1 Å². The van der Waals surface area contributed by atoms with Crippen LogP contribution >= 0.6 is 0 Å². The summed E-state index contributed by atoms with van der Waals surface area (Å²) in [7, 11) is 0. The molecule has 0 radical (unpaired) electrons. The zero-order valence-electron chi connectivity index (χ0n) is 8.65. The summed E-state index contributed by atoms with van der Waals surface area (Å²) in [5.41, 5.74) is 4.40. The first-order valence-corrected chi connectivity index (χ1v) is 4.80. The van der Waals surface area contributed by atoms with Crippen LogP contribution in [0.15, 0.2) is 18.2 Å². The SMILES string of the molecule is CCCC(=N)c1ccc(C)c(C)c1. The van der Waals surface area contributed by atoms with E-state index in [1.807, 2.05) is 6.07 Å². The zero-order chi connectivity index (χ0) is 9.84. The molecule has 1 aromatic rings. The third-order valence-corrected chi connectivity index (χ3v) is 2.36. The molecule has 0 atom stereocenters. The topological polar surface area (TPSA) is 23.9 Å². The van der Waals surface area contributed by atoms with Gasteiger partial charge in [0.2, 0.25) is 0 Å². The number of nitrogens with one attached hydrogen (secondary N) is 1. The lowest BCUT2D eigenvalue weighted by molar-refractivity contribution is 0.986. The third-order valence-electron chi connectivity index (χ3n) is 2.36. The van der Waals surface area contributed by atoms with Gasteiger partial charge >= 0.3 is 0 Å². The van der Waals surface area contributed by atoms with Crippen LogP contribution in [-0.2, 0) is 0 Å². The van der Waals surface area contributed by atoms with Gasteiger partial charge in [0.1, 0.15) is 0 Å². The molecule has 0 spiro atoms. The van der Waals surface area contributed by atoms with Crippen LogP contribution in [0, 0.1) is 19.3 Å². The summed E-state index contributed by atoms with van der Waals surface area (Å²) in [6.07, 6.45) is 1.92. The van der Waals surface area contributed by atoms with Gasteiger partial charge in [0.25, 0.3) is 0 Å². The molecule has 1 heteroatoms. The molecular weight excluding hydrogens is 158 g/mol. The monoisotopic (exact) mass is 175 g/mol. The van der Waals surface area contributed by atoms with Gasteiger partial charge in [-0.05, 0) is 43.0 Å². The number of hydrogen-bond donors (Lipinski definition) is 1. The number of rotatable bonds is 3. The summed E-state index contributed by atoms with van der Waals surface area (Å²) >= 11 is 0. The molecular formula is C12H17N. The Hall–Kier alpha value is -1.11. The van der Waals surface area contributed by atoms with Crippen LogP contribution < -0.4 is 0 Å². The van der Waals surface area contributed by atoms with Crippen LogP contribution in [0.3, 0.4) is 0 Å². The van der Waals surface area contributed by atoms with Gasteiger partial charge in [-0.2, -0.15) is 0 Å². The van der Waals surface area contributed by atoms with Crippen molar-refractivity contribution in [1.29, 1.82) is 5.41 Å². The molecule has 1 nitrogen and oxygen atoms in total. The van der Waals surface area contributed by atoms with E-state index in [9.17, 15) is 0 Å². The molecule has 0 aromatic heterocycles. The lowest BCUT2D eigenvalue weighted by Crippen LogP contribution is -1.98. The predicted octanol–water partition coefficient (Wildman–Crippen LogP) is 3.47. The van der Waals surface area contributed by atoms with Crippen molar-refractivity contribution in [3.8, 4) is 0 Å². The summed E-state index contributed by atoms with van der Waals surface area (Å²) in [5, 5.41) is 7.80. The molecule has 70 valence electrons. The first-order valence-electron chi connectivity index (χ1n) is 4.80. The van der Waals surface area contributed by atoms with Crippen LogP contribution in [0.1, 0.15) is 36.5 Å². The summed E-state index contributed by atoms with van der Waals surface area (Å²) in [6.45, 7) is 6.30. The molecule has 0 saturated carbocycles. The molecule has 13 heavy (non-hydrogen) atoms. The smallest absolute Gasteiger partial charge is 0.0386 e. The predicted molar refractivity (Wildman–Crippen MR) is 57.7 cm³/mol. The van der Waals surface area contributed by atoms with Gasteiger partial charge in [-0.3, -0.25) is 0 Å². The lowest BCUT2D eigenvalue weighted by atomic mass is 10.0. The van der Waals surface area contributed by atoms with Gasteiger partial charge in [-0.1, -0.05) is 25.5 Å². The summed E-state index contributed by atoms with van der Waals surface area (Å²) in [5.74, 6) is 0. The van der Waals surface area contributed by atoms with Gasteiger partial charge in [0.15, 0.2) is 0 Å². The molecule has 0 aliphatic rings. The highest BCUT2D eigenvalue weighted by Crippen LogP contribution is 2.11. The molecule has 0 fully saturated rings. The van der Waals surface area contributed by atoms with E-state index in [0.29, 0.717) is 0 Å². The van der Waals surface area contributed by atoms with Crippen molar-refractivity contribution in [2.75, 3.05) is 0 Å². The summed E-state index contributed by atoms with van der Waals surface area (Å²) < 4.78 is 0. The van der Waals surface area contributed by atoms with Crippen molar-refractivity contribution in [2.24, 2.45) is 0 Å². The molecule has 0 amide bonds. The molecule has 0 aliphatic heterocycles. The minimum atomic E-state index is 0.755. The molecule has 1 rings (SSSR count). The molecule has 0 saturated heterocycles. The number of hydrogen-bond acceptors (Lipinski definition) is 1. The fraction of sp³-hybridized carbons (Fsp3) is 0.417. The standard InChI is InChI=1S/C12H17N/c1-4-5-12(13)11-7-6-9(2)10(3)8-11/h6-8,13H,4-5H2,1-3H3. The second kappa shape index (κ2) is 4.22. The van der Waals surface area contributed by atoms with Crippen LogP contribution in [0.25, 0.3) is 0 Å². The van der Waals surface area contributed by atoms with Gasteiger partial charge in [0, 0.05) is 5.71 Å².